The summed E-state index contributed by atoms with van der Waals surface area (Å²) < 4.78 is 4.67. The standard InChI is InChI=1S/C16H14N2O3S/c1-21-15(19)9-13(14-6-3-7-22-14)18-16(20)12-5-2-4-11(8-12)10-17/h2-8,13H,9H2,1H3,(H,18,20). The maximum Gasteiger partial charge on any atom is 0.307 e. The Hall–Kier alpha value is -2.65. The Morgan fingerprint density at radius 2 is 2.18 bits per heavy atom. The normalized spacial score (nSPS) is 11.3. The van der Waals surface area contributed by atoms with Crippen molar-refractivity contribution in [3.8, 4) is 6.07 Å². The third-order valence-electron chi connectivity index (χ3n) is 3.04. The molecular weight excluding hydrogens is 300 g/mol. The Labute approximate surface area is 132 Å². The summed E-state index contributed by atoms with van der Waals surface area (Å²) in [6.45, 7) is 0. The minimum Gasteiger partial charge on any atom is -0.469 e. The van der Waals surface area contributed by atoms with Gasteiger partial charge in [0.25, 0.3) is 5.91 Å². The molecule has 0 saturated carbocycles. The van der Waals surface area contributed by atoms with Crippen LogP contribution in [-0.4, -0.2) is 19.0 Å². The molecule has 0 aliphatic carbocycles. The SMILES string of the molecule is COC(=O)CC(NC(=O)c1cccc(C#N)c1)c1cccs1. The van der Waals surface area contributed by atoms with Crippen molar-refractivity contribution in [2.75, 3.05) is 7.11 Å². The number of carbonyl (C=O) groups excluding carboxylic acids is 2. The summed E-state index contributed by atoms with van der Waals surface area (Å²) in [6.07, 6.45) is 0.0562. The van der Waals surface area contributed by atoms with Crippen molar-refractivity contribution in [2.45, 2.75) is 12.5 Å². The first kappa shape index (κ1) is 15.7. The van der Waals surface area contributed by atoms with Crippen molar-refractivity contribution in [1.82, 2.24) is 5.32 Å². The van der Waals surface area contributed by atoms with Gasteiger partial charge in [0.05, 0.1) is 31.2 Å². The zero-order valence-electron chi connectivity index (χ0n) is 11.9. The average Bonchev–Trinajstić information content (AvgIpc) is 3.08. The molecule has 0 radical (unpaired) electrons. The van der Waals surface area contributed by atoms with Crippen LogP contribution in [-0.2, 0) is 9.53 Å². The van der Waals surface area contributed by atoms with Gasteiger partial charge in [-0.3, -0.25) is 9.59 Å². The van der Waals surface area contributed by atoms with Crippen LogP contribution in [0.2, 0.25) is 0 Å². The van der Waals surface area contributed by atoms with Gasteiger partial charge in [-0.05, 0) is 29.6 Å². The zero-order valence-corrected chi connectivity index (χ0v) is 12.7. The average molecular weight is 314 g/mol. The summed E-state index contributed by atoms with van der Waals surface area (Å²) in [4.78, 5) is 24.7. The number of rotatable bonds is 5. The van der Waals surface area contributed by atoms with Crippen LogP contribution < -0.4 is 5.32 Å². The van der Waals surface area contributed by atoms with Gasteiger partial charge < -0.3 is 10.1 Å². The number of ether oxygens (including phenoxy) is 1. The van der Waals surface area contributed by atoms with Crippen LogP contribution in [0.1, 0.15) is 33.3 Å². The minimum absolute atomic E-state index is 0.0562. The third kappa shape index (κ3) is 3.93. The van der Waals surface area contributed by atoms with E-state index in [4.69, 9.17) is 5.26 Å². The quantitative estimate of drug-likeness (QED) is 0.861. The molecule has 1 aromatic carbocycles. The summed E-state index contributed by atoms with van der Waals surface area (Å²) in [7, 11) is 1.31. The van der Waals surface area contributed by atoms with E-state index in [1.165, 1.54) is 24.5 Å². The van der Waals surface area contributed by atoms with Gasteiger partial charge in [0, 0.05) is 10.4 Å². The second-order valence-electron chi connectivity index (χ2n) is 4.51. The lowest BCUT2D eigenvalue weighted by atomic mass is 10.1. The van der Waals surface area contributed by atoms with E-state index in [0.29, 0.717) is 11.1 Å². The van der Waals surface area contributed by atoms with Crippen LogP contribution in [0.25, 0.3) is 0 Å². The van der Waals surface area contributed by atoms with Gasteiger partial charge in [0.2, 0.25) is 0 Å². The first-order chi connectivity index (χ1) is 10.6. The van der Waals surface area contributed by atoms with E-state index in [-0.39, 0.29) is 12.3 Å². The highest BCUT2D eigenvalue weighted by Gasteiger charge is 2.20. The van der Waals surface area contributed by atoms with Crippen LogP contribution in [0.4, 0.5) is 0 Å². The molecule has 2 aromatic rings. The molecule has 0 aliphatic rings. The van der Waals surface area contributed by atoms with E-state index in [1.54, 1.807) is 18.2 Å². The van der Waals surface area contributed by atoms with Gasteiger partial charge in [-0.2, -0.15) is 5.26 Å². The Balaban J connectivity index is 2.17. The van der Waals surface area contributed by atoms with Gasteiger partial charge in [-0.15, -0.1) is 11.3 Å². The van der Waals surface area contributed by atoms with Gasteiger partial charge >= 0.3 is 5.97 Å². The number of hydrogen-bond donors (Lipinski definition) is 1. The molecular formula is C16H14N2O3S. The lowest BCUT2D eigenvalue weighted by Crippen LogP contribution is -2.30. The molecule has 22 heavy (non-hydrogen) atoms. The number of methoxy groups -OCH3 is 1. The summed E-state index contributed by atoms with van der Waals surface area (Å²) in [6, 6.07) is 11.7. The van der Waals surface area contributed by atoms with Crippen molar-refractivity contribution >= 4 is 23.2 Å². The summed E-state index contributed by atoms with van der Waals surface area (Å²) in [5.41, 5.74) is 0.791. The van der Waals surface area contributed by atoms with E-state index in [2.05, 4.69) is 10.1 Å². The van der Waals surface area contributed by atoms with Crippen molar-refractivity contribution in [3.63, 3.8) is 0 Å². The largest absolute Gasteiger partial charge is 0.469 e. The number of benzene rings is 1. The molecule has 0 spiro atoms. The highest BCUT2D eigenvalue weighted by atomic mass is 32.1. The highest BCUT2D eigenvalue weighted by molar-refractivity contribution is 7.10. The zero-order chi connectivity index (χ0) is 15.9. The molecule has 0 bridgehead atoms. The Kier molecular flexibility index (Phi) is 5.28. The van der Waals surface area contributed by atoms with E-state index in [0.717, 1.165) is 4.88 Å². The topological polar surface area (TPSA) is 79.2 Å². The number of nitrogens with one attached hydrogen (secondary N) is 1. The molecule has 5 nitrogen and oxygen atoms in total. The van der Waals surface area contributed by atoms with Gasteiger partial charge in [0.1, 0.15) is 0 Å². The molecule has 2 rings (SSSR count). The molecule has 1 aromatic heterocycles. The van der Waals surface area contributed by atoms with Crippen LogP contribution in [0.5, 0.6) is 0 Å². The van der Waals surface area contributed by atoms with Crippen LogP contribution in [0.15, 0.2) is 41.8 Å². The predicted octanol–water partition coefficient (Wildman–Crippen LogP) is 2.65. The van der Waals surface area contributed by atoms with Gasteiger partial charge in [0.15, 0.2) is 0 Å². The van der Waals surface area contributed by atoms with Crippen molar-refractivity contribution in [3.05, 3.63) is 57.8 Å². The molecule has 0 saturated heterocycles. The second-order valence-corrected chi connectivity index (χ2v) is 5.49. The number of esters is 1. The number of thiophene rings is 1. The monoisotopic (exact) mass is 314 g/mol. The van der Waals surface area contributed by atoms with Crippen LogP contribution >= 0.6 is 11.3 Å². The fourth-order valence-electron chi connectivity index (χ4n) is 1.93. The molecule has 1 N–H and O–H groups in total. The third-order valence-corrected chi connectivity index (χ3v) is 4.03. The lowest BCUT2D eigenvalue weighted by Gasteiger charge is -2.16. The van der Waals surface area contributed by atoms with Crippen molar-refractivity contribution in [1.29, 1.82) is 5.26 Å². The van der Waals surface area contributed by atoms with E-state index in [9.17, 15) is 9.59 Å². The molecule has 1 heterocycles. The lowest BCUT2D eigenvalue weighted by molar-refractivity contribution is -0.141. The highest BCUT2D eigenvalue weighted by Crippen LogP contribution is 2.23. The maximum atomic E-state index is 12.3. The summed E-state index contributed by atoms with van der Waals surface area (Å²) in [5, 5.41) is 13.6. The van der Waals surface area contributed by atoms with Crippen LogP contribution in [0, 0.1) is 11.3 Å². The van der Waals surface area contributed by atoms with Crippen molar-refractivity contribution in [2.24, 2.45) is 0 Å². The Morgan fingerprint density at radius 1 is 1.36 bits per heavy atom. The van der Waals surface area contributed by atoms with E-state index < -0.39 is 12.0 Å². The summed E-state index contributed by atoms with van der Waals surface area (Å²) >= 11 is 1.45. The number of nitriles is 1. The number of nitrogens with zero attached hydrogens (tertiary/aromatic N) is 1. The number of amides is 1. The van der Waals surface area contributed by atoms with Gasteiger partial charge in [-0.25, -0.2) is 0 Å². The molecule has 0 aliphatic heterocycles. The Bertz CT molecular complexity index is 704. The molecule has 1 amide bonds. The predicted molar refractivity (Wildman–Crippen MR) is 82.3 cm³/mol. The maximum absolute atomic E-state index is 12.3. The van der Waals surface area contributed by atoms with Gasteiger partial charge in [-0.1, -0.05) is 12.1 Å². The number of hydrogen-bond acceptors (Lipinski definition) is 5. The fourth-order valence-corrected chi connectivity index (χ4v) is 2.71. The number of carbonyl (C=O) groups is 2. The minimum atomic E-state index is -0.453. The molecule has 112 valence electrons. The summed E-state index contributed by atoms with van der Waals surface area (Å²) in [5.74, 6) is -0.733. The molecule has 1 atom stereocenters. The van der Waals surface area contributed by atoms with E-state index >= 15 is 0 Å². The second kappa shape index (κ2) is 7.38. The fraction of sp³-hybridized carbons (Fsp3) is 0.188. The first-order valence-electron chi connectivity index (χ1n) is 6.55. The Morgan fingerprint density at radius 3 is 2.82 bits per heavy atom. The van der Waals surface area contributed by atoms with Crippen LogP contribution in [0.3, 0.4) is 0 Å². The molecule has 6 heteroatoms. The smallest absolute Gasteiger partial charge is 0.307 e. The molecule has 0 fully saturated rings. The first-order valence-corrected chi connectivity index (χ1v) is 7.43. The molecule has 1 unspecified atom stereocenters. The van der Waals surface area contributed by atoms with Crippen molar-refractivity contribution < 1.29 is 14.3 Å². The van der Waals surface area contributed by atoms with E-state index in [1.807, 2.05) is 23.6 Å².